The summed E-state index contributed by atoms with van der Waals surface area (Å²) in [5.41, 5.74) is 1.57. The summed E-state index contributed by atoms with van der Waals surface area (Å²) in [6, 6.07) is 2.14. The summed E-state index contributed by atoms with van der Waals surface area (Å²) >= 11 is 9.79. The van der Waals surface area contributed by atoms with Gasteiger partial charge < -0.3 is 36.2 Å². The van der Waals surface area contributed by atoms with Crippen LogP contribution >= 0.6 is 47.8 Å². The van der Waals surface area contributed by atoms with Crippen LogP contribution in [0.1, 0.15) is 29.5 Å². The zero-order chi connectivity index (χ0) is 23.3. The number of carboxylic acid groups (broad SMARTS) is 1. The number of carbonyl (C=O) groups is 2. The highest BCUT2D eigenvalue weighted by atomic mass is 79.9. The molecule has 0 spiro atoms. The fraction of sp³-hybridized carbons (Fsp3) is 0.263. The van der Waals surface area contributed by atoms with Crippen molar-refractivity contribution >= 4 is 59.8 Å². The van der Waals surface area contributed by atoms with Gasteiger partial charge in [-0.05, 0) is 83.0 Å². The fourth-order valence-corrected chi connectivity index (χ4v) is 4.22. The average molecular weight is 627 g/mol. The summed E-state index contributed by atoms with van der Waals surface area (Å²) in [5, 5.41) is 53.6. The number of aliphatic carboxylic acids is 1. The number of nitrogens with one attached hydrogen (secondary N) is 2. The molecule has 0 bridgehead atoms. The third kappa shape index (κ3) is 6.40. The lowest BCUT2D eigenvalue weighted by atomic mass is 9.98. The maximum absolute atomic E-state index is 12.0. The summed E-state index contributed by atoms with van der Waals surface area (Å²) in [6.07, 6.45) is 0.388. The highest BCUT2D eigenvalue weighted by Crippen LogP contribution is 2.44. The molecule has 0 aliphatic heterocycles. The molecule has 168 valence electrons. The van der Waals surface area contributed by atoms with E-state index in [1.165, 1.54) is 12.1 Å². The van der Waals surface area contributed by atoms with Gasteiger partial charge in [-0.15, -0.1) is 0 Å². The Labute approximate surface area is 202 Å². The van der Waals surface area contributed by atoms with Gasteiger partial charge in [0.05, 0.1) is 8.95 Å². The quantitative estimate of drug-likeness (QED) is 0.172. The van der Waals surface area contributed by atoms with Crippen LogP contribution in [0, 0.1) is 0 Å². The first kappa shape index (κ1) is 25.1. The Morgan fingerprint density at radius 3 is 2.03 bits per heavy atom. The van der Waals surface area contributed by atoms with E-state index in [1.807, 2.05) is 0 Å². The van der Waals surface area contributed by atoms with Crippen molar-refractivity contribution in [3.05, 3.63) is 42.2 Å². The van der Waals surface area contributed by atoms with Crippen molar-refractivity contribution in [3.8, 4) is 23.0 Å². The van der Waals surface area contributed by atoms with Crippen LogP contribution in [0.25, 0.3) is 0 Å². The van der Waals surface area contributed by atoms with Crippen molar-refractivity contribution in [2.24, 2.45) is 0 Å². The number of hydrogen-bond donors (Lipinski definition) is 7. The number of amides is 2. The van der Waals surface area contributed by atoms with E-state index >= 15 is 0 Å². The largest absolute Gasteiger partial charge is 0.504 e. The first-order valence-corrected chi connectivity index (χ1v) is 11.2. The molecule has 0 heterocycles. The van der Waals surface area contributed by atoms with Crippen LogP contribution in [-0.2, 0) is 17.8 Å². The van der Waals surface area contributed by atoms with Gasteiger partial charge >= 0.3 is 12.0 Å². The second-order valence-electron chi connectivity index (χ2n) is 6.51. The molecular formula is C19H19Br3N2O7. The van der Waals surface area contributed by atoms with Crippen LogP contribution in [0.3, 0.4) is 0 Å². The first-order valence-electron chi connectivity index (χ1n) is 8.87. The SMILES string of the molecule is O=C(O)CCCNC(=O)NCc1cc(O)c(O)c(Br)c1Cc1cc(O)c(O)c(Br)c1Br. The number of benzene rings is 2. The van der Waals surface area contributed by atoms with Crippen LogP contribution in [0.4, 0.5) is 4.79 Å². The zero-order valence-electron chi connectivity index (χ0n) is 15.9. The molecule has 12 heteroatoms. The van der Waals surface area contributed by atoms with Gasteiger partial charge in [0.25, 0.3) is 0 Å². The van der Waals surface area contributed by atoms with E-state index in [-0.39, 0.29) is 64.3 Å². The first-order chi connectivity index (χ1) is 14.5. The lowest BCUT2D eigenvalue weighted by molar-refractivity contribution is -0.137. The minimum Gasteiger partial charge on any atom is -0.504 e. The standard InChI is InChI=1S/C19H19Br3N2O7/c20-14-8(5-11(25)18(30)16(14)22)4-10-9(6-12(26)17(29)15(10)21)7-24-19(31)23-3-1-2-13(27)28/h5-6,25-26,29-30H,1-4,7H2,(H,27,28)(H2,23,24,31). The van der Waals surface area contributed by atoms with Crippen LogP contribution in [0.5, 0.6) is 23.0 Å². The van der Waals surface area contributed by atoms with E-state index in [0.29, 0.717) is 21.2 Å². The van der Waals surface area contributed by atoms with Crippen LogP contribution in [0.2, 0.25) is 0 Å². The molecule has 0 radical (unpaired) electrons. The van der Waals surface area contributed by atoms with Gasteiger partial charge in [-0.2, -0.15) is 0 Å². The maximum atomic E-state index is 12.0. The molecule has 31 heavy (non-hydrogen) atoms. The predicted octanol–water partition coefficient (Wildman–Crippen LogP) is 4.05. The molecule has 0 unspecified atom stereocenters. The van der Waals surface area contributed by atoms with Gasteiger partial charge in [0.1, 0.15) is 0 Å². The summed E-state index contributed by atoms with van der Waals surface area (Å²) in [5.74, 6) is -2.39. The molecule has 0 aliphatic carbocycles. The Hall–Kier alpha value is -2.18. The second kappa shape index (κ2) is 10.9. The van der Waals surface area contributed by atoms with Crippen LogP contribution < -0.4 is 10.6 Å². The van der Waals surface area contributed by atoms with Gasteiger partial charge in [0.15, 0.2) is 23.0 Å². The Morgan fingerprint density at radius 2 is 1.42 bits per heavy atom. The molecule has 0 aromatic heterocycles. The summed E-state index contributed by atoms with van der Waals surface area (Å²) in [7, 11) is 0. The topological polar surface area (TPSA) is 159 Å². The monoisotopic (exact) mass is 624 g/mol. The Bertz CT molecular complexity index is 1010. The van der Waals surface area contributed by atoms with Crippen molar-refractivity contribution in [1.82, 2.24) is 10.6 Å². The second-order valence-corrected chi connectivity index (χ2v) is 8.89. The van der Waals surface area contributed by atoms with Crippen LogP contribution in [-0.4, -0.2) is 44.1 Å². The third-order valence-corrected chi connectivity index (χ3v) is 7.37. The third-order valence-electron chi connectivity index (χ3n) is 4.31. The lowest BCUT2D eigenvalue weighted by Gasteiger charge is -2.17. The molecule has 2 aromatic carbocycles. The number of aromatic hydroxyl groups is 4. The van der Waals surface area contributed by atoms with Gasteiger partial charge in [0.2, 0.25) is 0 Å². The number of urea groups is 1. The van der Waals surface area contributed by atoms with Gasteiger partial charge in [0, 0.05) is 30.4 Å². The van der Waals surface area contributed by atoms with E-state index in [4.69, 9.17) is 5.11 Å². The van der Waals surface area contributed by atoms with E-state index in [1.54, 1.807) is 0 Å². The number of carboxylic acids is 1. The van der Waals surface area contributed by atoms with Crippen LogP contribution in [0.15, 0.2) is 25.6 Å². The van der Waals surface area contributed by atoms with E-state index < -0.39 is 12.0 Å². The molecule has 2 aromatic rings. The average Bonchev–Trinajstić information content (AvgIpc) is 2.72. The summed E-state index contributed by atoms with van der Waals surface area (Å²) in [6.45, 7) is 0.179. The molecule has 0 fully saturated rings. The summed E-state index contributed by atoms with van der Waals surface area (Å²) < 4.78 is 0.945. The zero-order valence-corrected chi connectivity index (χ0v) is 20.6. The lowest BCUT2D eigenvalue weighted by Crippen LogP contribution is -2.35. The normalized spacial score (nSPS) is 10.7. The van der Waals surface area contributed by atoms with E-state index in [2.05, 4.69) is 58.4 Å². The highest BCUT2D eigenvalue weighted by molar-refractivity contribution is 9.13. The van der Waals surface area contributed by atoms with Gasteiger partial charge in [-0.1, -0.05) is 0 Å². The number of halogens is 3. The highest BCUT2D eigenvalue weighted by Gasteiger charge is 2.20. The molecular weight excluding hydrogens is 608 g/mol. The Morgan fingerprint density at radius 1 is 0.839 bits per heavy atom. The Kier molecular flexibility index (Phi) is 8.83. The number of phenolic OH excluding ortho intramolecular Hbond substituents is 4. The predicted molar refractivity (Wildman–Crippen MR) is 123 cm³/mol. The number of rotatable bonds is 8. The smallest absolute Gasteiger partial charge is 0.315 e. The number of carbonyl (C=O) groups excluding carboxylic acids is 1. The van der Waals surface area contributed by atoms with Crippen molar-refractivity contribution in [3.63, 3.8) is 0 Å². The molecule has 0 saturated heterocycles. The molecule has 0 atom stereocenters. The van der Waals surface area contributed by atoms with E-state index in [9.17, 15) is 30.0 Å². The van der Waals surface area contributed by atoms with Crippen molar-refractivity contribution in [2.75, 3.05) is 6.54 Å². The molecule has 9 nitrogen and oxygen atoms in total. The van der Waals surface area contributed by atoms with E-state index in [0.717, 1.165) is 0 Å². The molecule has 0 aliphatic rings. The number of hydrogen-bond acceptors (Lipinski definition) is 6. The number of phenols is 4. The van der Waals surface area contributed by atoms with Crippen molar-refractivity contribution in [2.45, 2.75) is 25.8 Å². The van der Waals surface area contributed by atoms with Crippen molar-refractivity contribution < 1.29 is 35.1 Å². The molecule has 7 N–H and O–H groups in total. The molecule has 2 amide bonds. The fourth-order valence-electron chi connectivity index (χ4n) is 2.72. The minimum absolute atomic E-state index is 0.00457. The Balaban J connectivity index is 2.24. The van der Waals surface area contributed by atoms with Crippen molar-refractivity contribution in [1.29, 1.82) is 0 Å². The molecule has 2 rings (SSSR count). The molecule has 0 saturated carbocycles. The minimum atomic E-state index is -0.950. The van der Waals surface area contributed by atoms with Gasteiger partial charge in [-0.3, -0.25) is 4.79 Å². The summed E-state index contributed by atoms with van der Waals surface area (Å²) in [4.78, 5) is 22.5. The van der Waals surface area contributed by atoms with Gasteiger partial charge in [-0.25, -0.2) is 4.79 Å². The maximum Gasteiger partial charge on any atom is 0.315 e.